The molecule has 0 spiro atoms. The van der Waals surface area contributed by atoms with Gasteiger partial charge in [-0.25, -0.2) is 0 Å². The quantitative estimate of drug-likeness (QED) is 0.875. The van der Waals surface area contributed by atoms with Gasteiger partial charge in [-0.2, -0.15) is 11.8 Å². The van der Waals surface area contributed by atoms with Crippen LogP contribution in [0.2, 0.25) is 0 Å². The van der Waals surface area contributed by atoms with E-state index in [-0.39, 0.29) is 0 Å². The van der Waals surface area contributed by atoms with Gasteiger partial charge in [0.25, 0.3) is 0 Å². The molecule has 0 amide bonds. The van der Waals surface area contributed by atoms with Crippen LogP contribution in [0.3, 0.4) is 0 Å². The van der Waals surface area contributed by atoms with Crippen molar-refractivity contribution in [3.05, 3.63) is 22.4 Å². The van der Waals surface area contributed by atoms with Crippen molar-refractivity contribution in [1.82, 2.24) is 0 Å². The Kier molecular flexibility index (Phi) is 3.75. The van der Waals surface area contributed by atoms with E-state index in [4.69, 9.17) is 5.73 Å². The summed E-state index contributed by atoms with van der Waals surface area (Å²) in [7, 11) is 0. The van der Waals surface area contributed by atoms with E-state index in [9.17, 15) is 0 Å². The minimum Gasteiger partial charge on any atom is -0.326 e. The van der Waals surface area contributed by atoms with Gasteiger partial charge in [-0.15, -0.1) is 11.3 Å². The fourth-order valence-corrected chi connectivity index (χ4v) is 4.25. The summed E-state index contributed by atoms with van der Waals surface area (Å²) in [5.41, 5.74) is 6.31. The van der Waals surface area contributed by atoms with Crippen molar-refractivity contribution in [3.8, 4) is 0 Å². The van der Waals surface area contributed by atoms with E-state index < -0.39 is 0 Å². The molecule has 1 saturated heterocycles. The third kappa shape index (κ3) is 2.77. The van der Waals surface area contributed by atoms with Crippen LogP contribution in [0.15, 0.2) is 17.5 Å². The Hall–Kier alpha value is 0.01000. The molecule has 1 aromatic rings. The van der Waals surface area contributed by atoms with Gasteiger partial charge in [0.15, 0.2) is 0 Å². The summed E-state index contributed by atoms with van der Waals surface area (Å²) >= 11 is 3.91. The van der Waals surface area contributed by atoms with E-state index in [0.29, 0.717) is 10.8 Å². The smallest absolute Gasteiger partial charge is 0.0283 e. The second-order valence-electron chi connectivity index (χ2n) is 4.49. The highest BCUT2D eigenvalue weighted by molar-refractivity contribution is 8.00. The first-order chi connectivity index (χ1) is 7.21. The van der Waals surface area contributed by atoms with E-state index in [0.717, 1.165) is 12.8 Å². The lowest BCUT2D eigenvalue weighted by atomic mass is 9.93. The van der Waals surface area contributed by atoms with Crippen LogP contribution in [0.4, 0.5) is 0 Å². The number of hydrogen-bond donors (Lipinski definition) is 1. The molecular formula is C12H19NS2. The predicted octanol–water partition coefficient (Wildman–Crippen LogP) is 3.29. The summed E-state index contributed by atoms with van der Waals surface area (Å²) in [5.74, 6) is 1.29. The minimum absolute atomic E-state index is 0.345. The molecule has 15 heavy (non-hydrogen) atoms. The Morgan fingerprint density at radius 1 is 1.60 bits per heavy atom. The Bertz CT molecular complexity index is 289. The Labute approximate surface area is 100 Å². The average molecular weight is 241 g/mol. The third-order valence-electron chi connectivity index (χ3n) is 3.32. The highest BCUT2D eigenvalue weighted by Crippen LogP contribution is 2.40. The van der Waals surface area contributed by atoms with E-state index >= 15 is 0 Å². The molecule has 1 aliphatic heterocycles. The second-order valence-corrected chi connectivity index (χ2v) is 7.15. The van der Waals surface area contributed by atoms with Gasteiger partial charge in [0.1, 0.15) is 0 Å². The fraction of sp³-hybridized carbons (Fsp3) is 0.667. The van der Waals surface area contributed by atoms with Gasteiger partial charge in [0, 0.05) is 15.7 Å². The van der Waals surface area contributed by atoms with Crippen molar-refractivity contribution in [2.75, 3.05) is 5.75 Å². The van der Waals surface area contributed by atoms with Crippen LogP contribution in [-0.4, -0.2) is 16.5 Å². The molecule has 2 atom stereocenters. The zero-order chi connectivity index (χ0) is 10.7. The molecule has 2 heterocycles. The van der Waals surface area contributed by atoms with Gasteiger partial charge >= 0.3 is 0 Å². The normalized spacial score (nSPS) is 28.1. The Morgan fingerprint density at radius 2 is 2.47 bits per heavy atom. The molecule has 2 N–H and O–H groups in total. The van der Waals surface area contributed by atoms with Crippen molar-refractivity contribution in [2.24, 2.45) is 5.73 Å². The maximum atomic E-state index is 6.31. The van der Waals surface area contributed by atoms with Gasteiger partial charge in [-0.1, -0.05) is 6.07 Å². The lowest BCUT2D eigenvalue weighted by Gasteiger charge is -2.30. The molecule has 2 unspecified atom stereocenters. The fourth-order valence-electron chi connectivity index (χ4n) is 2.15. The lowest BCUT2D eigenvalue weighted by molar-refractivity contribution is 0.461. The summed E-state index contributed by atoms with van der Waals surface area (Å²) in [5, 5.41) is 2.15. The Balaban J connectivity index is 1.84. The molecule has 84 valence electrons. The van der Waals surface area contributed by atoms with Crippen LogP contribution < -0.4 is 5.73 Å². The maximum Gasteiger partial charge on any atom is 0.0283 e. The molecule has 3 heteroatoms. The van der Waals surface area contributed by atoms with Crippen LogP contribution in [0.1, 0.15) is 31.1 Å². The molecule has 1 aromatic heterocycles. The molecule has 2 rings (SSSR count). The topological polar surface area (TPSA) is 26.0 Å². The largest absolute Gasteiger partial charge is 0.326 e. The zero-order valence-electron chi connectivity index (χ0n) is 9.24. The van der Waals surface area contributed by atoms with Gasteiger partial charge < -0.3 is 5.73 Å². The van der Waals surface area contributed by atoms with Crippen LogP contribution >= 0.6 is 23.1 Å². The molecule has 1 aliphatic rings. The van der Waals surface area contributed by atoms with Crippen molar-refractivity contribution >= 4 is 23.1 Å². The van der Waals surface area contributed by atoms with Crippen molar-refractivity contribution in [2.45, 2.75) is 43.4 Å². The maximum absolute atomic E-state index is 6.31. The predicted molar refractivity (Wildman–Crippen MR) is 70.7 cm³/mol. The number of nitrogens with two attached hydrogens (primary N) is 1. The van der Waals surface area contributed by atoms with Gasteiger partial charge in [-0.05, 0) is 49.8 Å². The highest BCUT2D eigenvalue weighted by atomic mass is 32.2. The summed E-state index contributed by atoms with van der Waals surface area (Å²) in [6, 6.07) is 4.69. The molecule has 0 aromatic carbocycles. The summed E-state index contributed by atoms with van der Waals surface area (Å²) in [6.07, 6.45) is 4.91. The van der Waals surface area contributed by atoms with Gasteiger partial charge in [0.05, 0.1) is 0 Å². The summed E-state index contributed by atoms with van der Waals surface area (Å²) < 4.78 is 0.345. The summed E-state index contributed by atoms with van der Waals surface area (Å²) in [6.45, 7) is 2.34. The third-order valence-corrected chi connectivity index (χ3v) is 5.91. The highest BCUT2D eigenvalue weighted by Gasteiger charge is 2.35. The van der Waals surface area contributed by atoms with Crippen LogP contribution in [-0.2, 0) is 6.42 Å². The molecule has 0 saturated carbocycles. The van der Waals surface area contributed by atoms with E-state index in [2.05, 4.69) is 36.2 Å². The van der Waals surface area contributed by atoms with E-state index in [1.807, 2.05) is 11.3 Å². The first-order valence-electron chi connectivity index (χ1n) is 5.63. The second kappa shape index (κ2) is 4.89. The first-order valence-corrected chi connectivity index (χ1v) is 7.49. The first kappa shape index (κ1) is 11.5. The van der Waals surface area contributed by atoms with Crippen LogP contribution in [0.25, 0.3) is 0 Å². The molecule has 0 bridgehead atoms. The Morgan fingerprint density at radius 3 is 3.07 bits per heavy atom. The molecule has 0 aliphatic carbocycles. The molecule has 1 fully saturated rings. The van der Waals surface area contributed by atoms with Gasteiger partial charge in [0.2, 0.25) is 0 Å². The van der Waals surface area contributed by atoms with Crippen LogP contribution in [0, 0.1) is 0 Å². The standard InChI is InChI=1S/C12H19NS2/c1-12(7-3-9-15-12)11(13)6-5-10-4-2-8-14-10/h2,4,8,11H,3,5-7,9,13H2,1H3. The van der Waals surface area contributed by atoms with Crippen molar-refractivity contribution in [3.63, 3.8) is 0 Å². The SMILES string of the molecule is CC1(C(N)CCc2cccs2)CCCS1. The number of aryl methyl sites for hydroxylation is 1. The van der Waals surface area contributed by atoms with Crippen molar-refractivity contribution < 1.29 is 0 Å². The minimum atomic E-state index is 0.345. The number of thiophene rings is 1. The van der Waals surface area contributed by atoms with Crippen molar-refractivity contribution in [1.29, 1.82) is 0 Å². The summed E-state index contributed by atoms with van der Waals surface area (Å²) in [4.78, 5) is 1.47. The van der Waals surface area contributed by atoms with Gasteiger partial charge in [-0.3, -0.25) is 0 Å². The van der Waals surface area contributed by atoms with E-state index in [1.54, 1.807) is 0 Å². The monoisotopic (exact) mass is 241 g/mol. The van der Waals surface area contributed by atoms with Crippen LogP contribution in [0.5, 0.6) is 0 Å². The number of rotatable bonds is 4. The van der Waals surface area contributed by atoms with E-state index in [1.165, 1.54) is 23.5 Å². The average Bonchev–Trinajstić information content (AvgIpc) is 2.85. The zero-order valence-corrected chi connectivity index (χ0v) is 10.9. The molecule has 0 radical (unpaired) electrons. The number of thioether (sulfide) groups is 1. The molecule has 1 nitrogen and oxygen atoms in total. The molecular weight excluding hydrogens is 222 g/mol. The number of hydrogen-bond acceptors (Lipinski definition) is 3. The lowest BCUT2D eigenvalue weighted by Crippen LogP contribution is -2.41.